The highest BCUT2D eigenvalue weighted by molar-refractivity contribution is 5.95. The average molecular weight is 389 g/mol. The highest BCUT2D eigenvalue weighted by atomic mass is 16.6. The fourth-order valence-corrected chi connectivity index (χ4v) is 3.20. The van der Waals surface area contributed by atoms with Gasteiger partial charge >= 0.3 is 6.09 Å². The fourth-order valence-electron chi connectivity index (χ4n) is 3.20. The zero-order chi connectivity index (χ0) is 20.9. The number of hydrogen-bond acceptors (Lipinski definition) is 4. The van der Waals surface area contributed by atoms with Gasteiger partial charge in [-0.25, -0.2) is 4.79 Å². The number of nitrogens with two attached hydrogens (primary N) is 1. The normalized spacial score (nSPS) is 16.4. The van der Waals surface area contributed by atoms with E-state index >= 15 is 0 Å². The summed E-state index contributed by atoms with van der Waals surface area (Å²) in [6, 6.07) is 6.45. The van der Waals surface area contributed by atoms with E-state index in [2.05, 4.69) is 12.2 Å². The Balaban J connectivity index is 2.17. The first-order valence-corrected chi connectivity index (χ1v) is 9.77. The number of nitrogen functional groups attached to an aromatic ring is 1. The van der Waals surface area contributed by atoms with Crippen LogP contribution in [0.3, 0.4) is 0 Å². The van der Waals surface area contributed by atoms with Gasteiger partial charge in [-0.1, -0.05) is 25.1 Å². The van der Waals surface area contributed by atoms with Crippen molar-refractivity contribution in [3.05, 3.63) is 35.4 Å². The SMILES string of the molecule is CC1CCN(C(=O)[C@H](Cc2cccc(C(=N)N)c2)NC(=O)OC(C)(C)C)CC1. The van der Waals surface area contributed by atoms with Crippen molar-refractivity contribution in [2.24, 2.45) is 11.7 Å². The summed E-state index contributed by atoms with van der Waals surface area (Å²) in [6.45, 7) is 8.93. The molecule has 0 spiro atoms. The van der Waals surface area contributed by atoms with Gasteiger partial charge < -0.3 is 20.7 Å². The summed E-state index contributed by atoms with van der Waals surface area (Å²) >= 11 is 0. The van der Waals surface area contributed by atoms with Crippen LogP contribution in [0.4, 0.5) is 4.79 Å². The Hall–Kier alpha value is -2.57. The topological polar surface area (TPSA) is 109 Å². The quantitative estimate of drug-likeness (QED) is 0.532. The van der Waals surface area contributed by atoms with E-state index < -0.39 is 17.7 Å². The molecule has 7 nitrogen and oxygen atoms in total. The van der Waals surface area contributed by atoms with Crippen molar-refractivity contribution in [2.75, 3.05) is 13.1 Å². The zero-order valence-corrected chi connectivity index (χ0v) is 17.2. The van der Waals surface area contributed by atoms with Crippen LogP contribution in [0.5, 0.6) is 0 Å². The predicted octanol–water partition coefficient (Wildman–Crippen LogP) is 2.66. The molecule has 1 aliphatic rings. The number of amides is 2. The first kappa shape index (κ1) is 21.7. The molecule has 7 heteroatoms. The van der Waals surface area contributed by atoms with E-state index in [-0.39, 0.29) is 11.7 Å². The Morgan fingerprint density at radius 2 is 1.96 bits per heavy atom. The van der Waals surface area contributed by atoms with Gasteiger partial charge in [0.1, 0.15) is 17.5 Å². The van der Waals surface area contributed by atoms with Crippen LogP contribution in [-0.2, 0) is 16.0 Å². The van der Waals surface area contributed by atoms with E-state index in [0.29, 0.717) is 31.0 Å². The van der Waals surface area contributed by atoms with Gasteiger partial charge in [0, 0.05) is 25.1 Å². The van der Waals surface area contributed by atoms with Crippen LogP contribution in [0.1, 0.15) is 51.7 Å². The zero-order valence-electron chi connectivity index (χ0n) is 17.2. The minimum atomic E-state index is -0.731. The second-order valence-electron chi connectivity index (χ2n) is 8.52. The number of alkyl carbamates (subject to hydrolysis) is 1. The van der Waals surface area contributed by atoms with Gasteiger partial charge in [-0.2, -0.15) is 0 Å². The molecule has 1 atom stereocenters. The van der Waals surface area contributed by atoms with E-state index in [9.17, 15) is 9.59 Å². The molecule has 2 amide bonds. The van der Waals surface area contributed by atoms with Crippen molar-refractivity contribution in [3.63, 3.8) is 0 Å². The summed E-state index contributed by atoms with van der Waals surface area (Å²) < 4.78 is 5.35. The van der Waals surface area contributed by atoms with Gasteiger partial charge in [-0.15, -0.1) is 0 Å². The third-order valence-corrected chi connectivity index (χ3v) is 4.76. The van der Waals surface area contributed by atoms with Crippen molar-refractivity contribution in [3.8, 4) is 0 Å². The summed E-state index contributed by atoms with van der Waals surface area (Å²) in [5, 5.41) is 10.3. The lowest BCUT2D eigenvalue weighted by Gasteiger charge is -2.33. The first-order valence-electron chi connectivity index (χ1n) is 9.77. The summed E-state index contributed by atoms with van der Waals surface area (Å²) in [5.41, 5.74) is 6.34. The van der Waals surface area contributed by atoms with Crippen LogP contribution in [0.15, 0.2) is 24.3 Å². The molecule has 1 aromatic rings. The number of amidine groups is 1. The maximum Gasteiger partial charge on any atom is 0.408 e. The number of nitrogens with one attached hydrogen (secondary N) is 2. The molecule has 1 heterocycles. The molecule has 0 aliphatic carbocycles. The third-order valence-electron chi connectivity index (χ3n) is 4.76. The monoisotopic (exact) mass is 388 g/mol. The Bertz CT molecular complexity index is 719. The van der Waals surface area contributed by atoms with E-state index in [0.717, 1.165) is 18.4 Å². The molecule has 1 fully saturated rings. The summed E-state index contributed by atoms with van der Waals surface area (Å²) in [6.07, 6.45) is 1.62. The van der Waals surface area contributed by atoms with Crippen molar-refractivity contribution in [1.82, 2.24) is 10.2 Å². The molecule has 154 valence electrons. The molecular formula is C21H32N4O3. The predicted molar refractivity (Wildman–Crippen MR) is 109 cm³/mol. The standard InChI is InChI=1S/C21H32N4O3/c1-14-8-10-25(11-9-14)19(26)17(24-20(27)28-21(2,3)4)13-15-6-5-7-16(12-15)18(22)23/h5-7,12,14,17H,8-11,13H2,1-4H3,(H3,22,23)(H,24,27)/t17-/m0/s1. The van der Waals surface area contributed by atoms with Gasteiger partial charge in [-0.05, 0) is 51.2 Å². The molecule has 28 heavy (non-hydrogen) atoms. The smallest absolute Gasteiger partial charge is 0.408 e. The molecule has 1 saturated heterocycles. The van der Waals surface area contributed by atoms with Crippen molar-refractivity contribution >= 4 is 17.8 Å². The lowest BCUT2D eigenvalue weighted by molar-refractivity contribution is -0.134. The number of carbonyl (C=O) groups is 2. The van der Waals surface area contributed by atoms with Gasteiger partial charge in [0.15, 0.2) is 0 Å². The number of ether oxygens (including phenoxy) is 1. The molecule has 0 unspecified atom stereocenters. The van der Waals surface area contributed by atoms with Crippen LogP contribution >= 0.6 is 0 Å². The number of piperidine rings is 1. The van der Waals surface area contributed by atoms with Crippen LogP contribution in [0.2, 0.25) is 0 Å². The average Bonchev–Trinajstić information content (AvgIpc) is 2.60. The molecule has 0 aromatic heterocycles. The Kier molecular flexibility index (Phi) is 7.05. The lowest BCUT2D eigenvalue weighted by atomic mass is 9.97. The van der Waals surface area contributed by atoms with E-state index in [4.69, 9.17) is 15.9 Å². The molecule has 2 rings (SSSR count). The van der Waals surface area contributed by atoms with Crippen LogP contribution in [0.25, 0.3) is 0 Å². The minimum absolute atomic E-state index is 0.0325. The molecule has 0 radical (unpaired) electrons. The van der Waals surface area contributed by atoms with Crippen molar-refractivity contribution < 1.29 is 14.3 Å². The van der Waals surface area contributed by atoms with Crippen molar-refractivity contribution in [2.45, 2.75) is 58.6 Å². The molecule has 1 aromatic carbocycles. The van der Waals surface area contributed by atoms with Crippen LogP contribution in [0, 0.1) is 11.3 Å². The van der Waals surface area contributed by atoms with Crippen LogP contribution < -0.4 is 11.1 Å². The highest BCUT2D eigenvalue weighted by Gasteiger charge is 2.30. The molecule has 1 aliphatic heterocycles. The lowest BCUT2D eigenvalue weighted by Crippen LogP contribution is -2.52. The number of likely N-dealkylation sites (tertiary alicyclic amines) is 1. The second kappa shape index (κ2) is 9.08. The maximum atomic E-state index is 13.1. The Labute approximate surface area is 167 Å². The molecular weight excluding hydrogens is 356 g/mol. The van der Waals surface area contributed by atoms with E-state index in [1.807, 2.05) is 11.0 Å². The summed E-state index contributed by atoms with van der Waals surface area (Å²) in [4.78, 5) is 27.2. The molecule has 0 saturated carbocycles. The van der Waals surface area contributed by atoms with Gasteiger partial charge in [0.2, 0.25) is 5.91 Å². The molecule has 0 bridgehead atoms. The van der Waals surface area contributed by atoms with Crippen molar-refractivity contribution in [1.29, 1.82) is 5.41 Å². The Morgan fingerprint density at radius 3 is 2.54 bits per heavy atom. The van der Waals surface area contributed by atoms with E-state index in [1.165, 1.54) is 0 Å². The Morgan fingerprint density at radius 1 is 1.32 bits per heavy atom. The number of nitrogens with zero attached hydrogens (tertiary/aromatic N) is 1. The number of carbonyl (C=O) groups excluding carboxylic acids is 2. The fraction of sp³-hybridized carbons (Fsp3) is 0.571. The molecule has 4 N–H and O–H groups in total. The summed E-state index contributed by atoms with van der Waals surface area (Å²) in [5.74, 6) is 0.467. The summed E-state index contributed by atoms with van der Waals surface area (Å²) in [7, 11) is 0. The largest absolute Gasteiger partial charge is 0.444 e. The second-order valence-corrected chi connectivity index (χ2v) is 8.52. The van der Waals surface area contributed by atoms with Gasteiger partial charge in [-0.3, -0.25) is 10.2 Å². The van der Waals surface area contributed by atoms with Crippen LogP contribution in [-0.4, -0.2) is 47.5 Å². The number of hydrogen-bond donors (Lipinski definition) is 3. The van der Waals surface area contributed by atoms with E-state index in [1.54, 1.807) is 39.0 Å². The minimum Gasteiger partial charge on any atom is -0.444 e. The first-order chi connectivity index (χ1) is 13.0. The highest BCUT2D eigenvalue weighted by Crippen LogP contribution is 2.18. The maximum absolute atomic E-state index is 13.1. The third kappa shape index (κ3) is 6.55. The number of benzene rings is 1. The van der Waals surface area contributed by atoms with Gasteiger partial charge in [0.05, 0.1) is 0 Å². The number of rotatable bonds is 5. The van der Waals surface area contributed by atoms with Gasteiger partial charge in [0.25, 0.3) is 0 Å².